The van der Waals surface area contributed by atoms with Gasteiger partial charge >= 0.3 is 0 Å². The van der Waals surface area contributed by atoms with E-state index >= 15 is 0 Å². The van der Waals surface area contributed by atoms with Crippen LogP contribution in [-0.2, 0) is 4.79 Å². The molecule has 0 spiro atoms. The Bertz CT molecular complexity index is 500. The van der Waals surface area contributed by atoms with Gasteiger partial charge in [0.25, 0.3) is 5.91 Å². The molecule has 0 aliphatic carbocycles. The molecule has 0 atom stereocenters. The number of carbonyl (C=O) groups is 2. The fourth-order valence-corrected chi connectivity index (χ4v) is 1.74. The van der Waals surface area contributed by atoms with Crippen molar-refractivity contribution in [2.45, 2.75) is 19.9 Å². The minimum atomic E-state index is -0.291. The number of benzene rings is 1. The van der Waals surface area contributed by atoms with Crippen LogP contribution in [0.5, 0.6) is 5.75 Å². The minimum absolute atomic E-state index is 0.00938. The van der Waals surface area contributed by atoms with Crippen LogP contribution < -0.4 is 15.8 Å². The number of hydrogen-bond acceptors (Lipinski definition) is 4. The molecule has 1 aromatic carbocycles. The maximum atomic E-state index is 12.3. The van der Waals surface area contributed by atoms with E-state index < -0.39 is 0 Å². The van der Waals surface area contributed by atoms with Gasteiger partial charge in [-0.1, -0.05) is 0 Å². The highest BCUT2D eigenvalue weighted by atomic mass is 16.5. The third-order valence-electron chi connectivity index (χ3n) is 2.63. The van der Waals surface area contributed by atoms with E-state index in [9.17, 15) is 9.59 Å². The van der Waals surface area contributed by atoms with E-state index in [0.717, 1.165) is 0 Å². The van der Waals surface area contributed by atoms with Gasteiger partial charge in [0.05, 0.1) is 19.2 Å². The Labute approximate surface area is 118 Å². The van der Waals surface area contributed by atoms with Crippen molar-refractivity contribution in [1.29, 1.82) is 0 Å². The summed E-state index contributed by atoms with van der Waals surface area (Å²) in [7, 11) is 3.04. The SMILES string of the molecule is COc1cc(N)ccc1C(=O)N(C)CC(=O)NC(C)C. The number of nitrogens with one attached hydrogen (secondary N) is 1. The first-order valence-corrected chi connectivity index (χ1v) is 6.33. The molecule has 110 valence electrons. The lowest BCUT2D eigenvalue weighted by Gasteiger charge is -2.19. The number of nitrogens with two attached hydrogens (primary N) is 1. The Morgan fingerprint density at radius 1 is 1.40 bits per heavy atom. The second-order valence-electron chi connectivity index (χ2n) is 4.84. The number of nitrogens with zero attached hydrogens (tertiary/aromatic N) is 1. The zero-order valence-corrected chi connectivity index (χ0v) is 12.3. The molecule has 0 saturated carbocycles. The summed E-state index contributed by atoms with van der Waals surface area (Å²) in [4.78, 5) is 25.3. The molecule has 1 rings (SSSR count). The Morgan fingerprint density at radius 3 is 2.60 bits per heavy atom. The van der Waals surface area contributed by atoms with E-state index in [4.69, 9.17) is 10.5 Å². The van der Waals surface area contributed by atoms with Crippen molar-refractivity contribution in [2.24, 2.45) is 0 Å². The fourth-order valence-electron chi connectivity index (χ4n) is 1.74. The van der Waals surface area contributed by atoms with Gasteiger partial charge in [-0.3, -0.25) is 9.59 Å². The van der Waals surface area contributed by atoms with Gasteiger partial charge in [0.15, 0.2) is 0 Å². The largest absolute Gasteiger partial charge is 0.496 e. The lowest BCUT2D eigenvalue weighted by Crippen LogP contribution is -2.40. The Hall–Kier alpha value is -2.24. The Morgan fingerprint density at radius 2 is 2.05 bits per heavy atom. The molecule has 0 aliphatic heterocycles. The first kappa shape index (κ1) is 15.8. The van der Waals surface area contributed by atoms with Crippen molar-refractivity contribution >= 4 is 17.5 Å². The maximum absolute atomic E-state index is 12.3. The number of nitrogen functional groups attached to an aromatic ring is 1. The smallest absolute Gasteiger partial charge is 0.257 e. The summed E-state index contributed by atoms with van der Waals surface area (Å²) < 4.78 is 5.14. The predicted molar refractivity (Wildman–Crippen MR) is 77.6 cm³/mol. The molecule has 0 aromatic heterocycles. The Kier molecular flexibility index (Phi) is 5.37. The van der Waals surface area contributed by atoms with Crippen molar-refractivity contribution in [2.75, 3.05) is 26.4 Å². The summed E-state index contributed by atoms with van der Waals surface area (Å²) in [6.07, 6.45) is 0. The topological polar surface area (TPSA) is 84.7 Å². The molecular weight excluding hydrogens is 258 g/mol. The van der Waals surface area contributed by atoms with Gasteiger partial charge in [0, 0.05) is 24.8 Å². The quantitative estimate of drug-likeness (QED) is 0.783. The number of ether oxygens (including phenoxy) is 1. The summed E-state index contributed by atoms with van der Waals surface area (Å²) in [6, 6.07) is 4.83. The van der Waals surface area contributed by atoms with Gasteiger partial charge in [-0.15, -0.1) is 0 Å². The van der Waals surface area contributed by atoms with E-state index in [1.165, 1.54) is 12.0 Å². The molecule has 0 heterocycles. The van der Waals surface area contributed by atoms with Crippen LogP contribution in [0.1, 0.15) is 24.2 Å². The van der Waals surface area contributed by atoms with Crippen molar-refractivity contribution in [3.8, 4) is 5.75 Å². The molecule has 2 amide bonds. The molecule has 0 bridgehead atoms. The molecule has 3 N–H and O–H groups in total. The van der Waals surface area contributed by atoms with Crippen LogP contribution in [0, 0.1) is 0 Å². The molecule has 1 aromatic rings. The van der Waals surface area contributed by atoms with E-state index in [1.54, 1.807) is 25.2 Å². The first-order chi connectivity index (χ1) is 9.35. The second-order valence-corrected chi connectivity index (χ2v) is 4.84. The molecule has 0 radical (unpaired) electrons. The van der Waals surface area contributed by atoms with Crippen molar-refractivity contribution < 1.29 is 14.3 Å². The third-order valence-corrected chi connectivity index (χ3v) is 2.63. The van der Waals surface area contributed by atoms with Crippen LogP contribution in [0.15, 0.2) is 18.2 Å². The van der Waals surface area contributed by atoms with Crippen molar-refractivity contribution in [3.63, 3.8) is 0 Å². The predicted octanol–water partition coefficient (Wildman–Crippen LogP) is 0.874. The average Bonchev–Trinajstić information content (AvgIpc) is 2.36. The number of hydrogen-bond donors (Lipinski definition) is 2. The van der Waals surface area contributed by atoms with E-state index in [2.05, 4.69) is 5.32 Å². The zero-order valence-electron chi connectivity index (χ0n) is 12.3. The van der Waals surface area contributed by atoms with E-state index in [1.807, 2.05) is 13.8 Å². The van der Waals surface area contributed by atoms with Crippen LogP contribution >= 0.6 is 0 Å². The number of methoxy groups -OCH3 is 1. The highest BCUT2D eigenvalue weighted by molar-refractivity contribution is 5.99. The Balaban J connectivity index is 2.81. The lowest BCUT2D eigenvalue weighted by atomic mass is 10.1. The van der Waals surface area contributed by atoms with Gasteiger partial charge in [-0.2, -0.15) is 0 Å². The summed E-state index contributed by atoms with van der Waals surface area (Å²) >= 11 is 0. The van der Waals surface area contributed by atoms with Crippen LogP contribution in [0.3, 0.4) is 0 Å². The lowest BCUT2D eigenvalue weighted by molar-refractivity contribution is -0.122. The van der Waals surface area contributed by atoms with E-state index in [0.29, 0.717) is 17.0 Å². The maximum Gasteiger partial charge on any atom is 0.257 e. The molecule has 6 nitrogen and oxygen atoms in total. The van der Waals surface area contributed by atoms with Crippen LogP contribution in [0.4, 0.5) is 5.69 Å². The van der Waals surface area contributed by atoms with Crippen molar-refractivity contribution in [1.82, 2.24) is 10.2 Å². The standard InChI is InChI=1S/C14H21N3O3/c1-9(2)16-13(18)8-17(3)14(19)11-6-5-10(15)7-12(11)20-4/h5-7,9H,8,15H2,1-4H3,(H,16,18). The summed E-state index contributed by atoms with van der Waals surface area (Å²) in [5.41, 5.74) is 6.53. The third kappa shape index (κ3) is 4.15. The first-order valence-electron chi connectivity index (χ1n) is 6.33. The molecule has 0 aliphatic rings. The summed E-state index contributed by atoms with van der Waals surface area (Å²) in [6.45, 7) is 3.72. The second kappa shape index (κ2) is 6.79. The fraction of sp³-hybridized carbons (Fsp3) is 0.429. The molecule has 0 unspecified atom stereocenters. The van der Waals surface area contributed by atoms with Crippen molar-refractivity contribution in [3.05, 3.63) is 23.8 Å². The minimum Gasteiger partial charge on any atom is -0.496 e. The molecule has 6 heteroatoms. The molecule has 20 heavy (non-hydrogen) atoms. The number of amides is 2. The van der Waals surface area contributed by atoms with Crippen LogP contribution in [0.2, 0.25) is 0 Å². The zero-order chi connectivity index (χ0) is 15.3. The summed E-state index contributed by atoms with van der Waals surface area (Å²) in [5, 5.41) is 2.73. The normalized spacial score (nSPS) is 10.2. The summed E-state index contributed by atoms with van der Waals surface area (Å²) in [5.74, 6) is -0.0999. The average molecular weight is 279 g/mol. The van der Waals surface area contributed by atoms with Gasteiger partial charge in [-0.25, -0.2) is 0 Å². The number of anilines is 1. The highest BCUT2D eigenvalue weighted by Crippen LogP contribution is 2.22. The van der Waals surface area contributed by atoms with Gasteiger partial charge in [0.2, 0.25) is 5.91 Å². The molecule has 0 saturated heterocycles. The number of likely N-dealkylation sites (N-methyl/N-ethyl adjacent to an activating group) is 1. The highest BCUT2D eigenvalue weighted by Gasteiger charge is 2.19. The van der Waals surface area contributed by atoms with Gasteiger partial charge in [-0.05, 0) is 26.0 Å². The van der Waals surface area contributed by atoms with Gasteiger partial charge < -0.3 is 20.7 Å². The number of carbonyl (C=O) groups excluding carboxylic acids is 2. The van der Waals surface area contributed by atoms with Crippen LogP contribution in [-0.4, -0.2) is 43.5 Å². The van der Waals surface area contributed by atoms with Gasteiger partial charge in [0.1, 0.15) is 5.75 Å². The van der Waals surface area contributed by atoms with E-state index in [-0.39, 0.29) is 24.4 Å². The number of rotatable bonds is 5. The monoisotopic (exact) mass is 279 g/mol. The van der Waals surface area contributed by atoms with Crippen LogP contribution in [0.25, 0.3) is 0 Å². The molecular formula is C14H21N3O3. The molecule has 0 fully saturated rings.